The van der Waals surface area contributed by atoms with Crippen molar-refractivity contribution in [3.8, 4) is 0 Å². The number of nitrogens with zero attached hydrogens (tertiary/aromatic N) is 2. The van der Waals surface area contributed by atoms with E-state index in [9.17, 15) is 18.4 Å². The number of hydrogen-bond acceptors (Lipinski definition) is 3. The van der Waals surface area contributed by atoms with Crippen LogP contribution in [0.4, 0.5) is 8.78 Å². The molecule has 1 fully saturated rings. The van der Waals surface area contributed by atoms with Crippen molar-refractivity contribution in [1.29, 1.82) is 0 Å². The first-order valence-corrected chi connectivity index (χ1v) is 7.79. The summed E-state index contributed by atoms with van der Waals surface area (Å²) < 4.78 is 31.8. The highest BCUT2D eigenvalue weighted by atomic mass is 19.1. The van der Waals surface area contributed by atoms with Gasteiger partial charge in [0.1, 0.15) is 17.4 Å². The summed E-state index contributed by atoms with van der Waals surface area (Å²) in [5, 5.41) is 0. The Balaban J connectivity index is 1.58. The number of amides is 2. The highest BCUT2D eigenvalue weighted by Gasteiger charge is 2.25. The average Bonchev–Trinajstić information content (AvgIpc) is 3.13. The summed E-state index contributed by atoms with van der Waals surface area (Å²) >= 11 is 0. The molecule has 25 heavy (non-hydrogen) atoms. The van der Waals surface area contributed by atoms with E-state index in [0.29, 0.717) is 24.9 Å². The van der Waals surface area contributed by atoms with Gasteiger partial charge in [0.25, 0.3) is 5.91 Å². The van der Waals surface area contributed by atoms with Gasteiger partial charge in [-0.05, 0) is 30.3 Å². The number of furan rings is 1. The molecule has 0 bridgehead atoms. The van der Waals surface area contributed by atoms with E-state index in [2.05, 4.69) is 0 Å². The Morgan fingerprint density at radius 2 is 1.76 bits per heavy atom. The molecule has 1 aliphatic rings. The van der Waals surface area contributed by atoms with Crippen molar-refractivity contribution in [3.63, 3.8) is 0 Å². The van der Waals surface area contributed by atoms with Crippen LogP contribution in [0.5, 0.6) is 0 Å². The fraction of sp³-hybridized carbons (Fsp3) is 0.222. The largest absolute Gasteiger partial charge is 0.465 e. The van der Waals surface area contributed by atoms with E-state index in [-0.39, 0.29) is 24.6 Å². The van der Waals surface area contributed by atoms with Crippen molar-refractivity contribution >= 4 is 17.9 Å². The Kier molecular flexibility index (Phi) is 4.92. The smallest absolute Gasteiger partial charge is 0.256 e. The van der Waals surface area contributed by atoms with Crippen LogP contribution < -0.4 is 0 Å². The van der Waals surface area contributed by atoms with Crippen LogP contribution in [0.3, 0.4) is 0 Å². The van der Waals surface area contributed by atoms with Gasteiger partial charge in [-0.15, -0.1) is 0 Å². The Hall–Kier alpha value is -2.96. The minimum Gasteiger partial charge on any atom is -0.465 e. The lowest BCUT2D eigenvalue weighted by Crippen LogP contribution is -2.50. The first-order valence-electron chi connectivity index (χ1n) is 7.79. The normalized spacial score (nSPS) is 15.0. The lowest BCUT2D eigenvalue weighted by Gasteiger charge is -2.34. The zero-order valence-corrected chi connectivity index (χ0v) is 13.3. The number of hydrogen-bond donors (Lipinski definition) is 0. The Labute approximate surface area is 143 Å². The van der Waals surface area contributed by atoms with Gasteiger partial charge in [-0.2, -0.15) is 0 Å². The third kappa shape index (κ3) is 3.93. The highest BCUT2D eigenvalue weighted by Crippen LogP contribution is 2.14. The number of carbonyl (C=O) groups excluding carboxylic acids is 2. The van der Waals surface area contributed by atoms with Gasteiger partial charge in [0.05, 0.1) is 11.8 Å². The van der Waals surface area contributed by atoms with Crippen molar-refractivity contribution in [1.82, 2.24) is 9.80 Å². The van der Waals surface area contributed by atoms with Crippen LogP contribution >= 0.6 is 0 Å². The molecule has 0 spiro atoms. The zero-order chi connectivity index (χ0) is 17.8. The van der Waals surface area contributed by atoms with E-state index in [1.165, 1.54) is 17.2 Å². The van der Waals surface area contributed by atoms with Crippen LogP contribution in [0, 0.1) is 11.6 Å². The van der Waals surface area contributed by atoms with Gasteiger partial charge in [-0.3, -0.25) is 9.59 Å². The predicted molar refractivity (Wildman–Crippen MR) is 86.6 cm³/mol. The van der Waals surface area contributed by atoms with E-state index in [4.69, 9.17) is 4.42 Å². The van der Waals surface area contributed by atoms with Crippen LogP contribution in [-0.2, 0) is 4.79 Å². The summed E-state index contributed by atoms with van der Waals surface area (Å²) in [5.74, 6) is -1.72. The maximum absolute atomic E-state index is 13.7. The number of carbonyl (C=O) groups is 2. The maximum atomic E-state index is 13.7. The second kappa shape index (κ2) is 7.29. The third-order valence-corrected chi connectivity index (χ3v) is 3.97. The Bertz CT molecular complexity index is 795. The van der Waals surface area contributed by atoms with Gasteiger partial charge in [0.2, 0.25) is 5.91 Å². The van der Waals surface area contributed by atoms with E-state index < -0.39 is 17.5 Å². The van der Waals surface area contributed by atoms with Crippen molar-refractivity contribution in [2.24, 2.45) is 0 Å². The first-order chi connectivity index (χ1) is 12.0. The zero-order valence-electron chi connectivity index (χ0n) is 13.3. The summed E-state index contributed by atoms with van der Waals surface area (Å²) in [6.45, 7) is 1.26. The molecule has 1 saturated heterocycles. The molecule has 3 rings (SSSR count). The molecule has 2 aromatic rings. The molecule has 1 aromatic carbocycles. The fourth-order valence-corrected chi connectivity index (χ4v) is 2.61. The summed E-state index contributed by atoms with van der Waals surface area (Å²) in [6, 6.07) is 6.33. The number of halogens is 2. The van der Waals surface area contributed by atoms with Crippen LogP contribution in [0.1, 0.15) is 16.1 Å². The summed E-state index contributed by atoms with van der Waals surface area (Å²) in [4.78, 5) is 27.5. The highest BCUT2D eigenvalue weighted by molar-refractivity contribution is 5.95. The van der Waals surface area contributed by atoms with E-state index in [1.807, 2.05) is 0 Å². The molecule has 5 nitrogen and oxygen atoms in total. The molecule has 0 N–H and O–H groups in total. The molecule has 7 heteroatoms. The van der Waals surface area contributed by atoms with Crippen molar-refractivity contribution in [3.05, 3.63) is 65.6 Å². The van der Waals surface area contributed by atoms with Crippen LogP contribution in [0.25, 0.3) is 6.08 Å². The van der Waals surface area contributed by atoms with Crippen LogP contribution in [0.15, 0.2) is 47.1 Å². The molecular weight excluding hydrogens is 330 g/mol. The molecule has 0 saturated carbocycles. The van der Waals surface area contributed by atoms with Gasteiger partial charge >= 0.3 is 0 Å². The third-order valence-electron chi connectivity index (χ3n) is 3.97. The number of rotatable bonds is 3. The Morgan fingerprint density at radius 1 is 1.04 bits per heavy atom. The molecular formula is C18H16F2N2O3. The van der Waals surface area contributed by atoms with Gasteiger partial charge in [-0.25, -0.2) is 8.78 Å². The molecule has 0 aliphatic carbocycles. The van der Waals surface area contributed by atoms with E-state index >= 15 is 0 Å². The molecule has 1 aliphatic heterocycles. The van der Waals surface area contributed by atoms with Gasteiger partial charge < -0.3 is 14.2 Å². The quantitative estimate of drug-likeness (QED) is 0.803. The van der Waals surface area contributed by atoms with Gasteiger partial charge in [0, 0.05) is 38.3 Å². The summed E-state index contributed by atoms with van der Waals surface area (Å²) in [5.41, 5.74) is -0.168. The van der Waals surface area contributed by atoms with Gasteiger partial charge in [-0.1, -0.05) is 0 Å². The second-order valence-corrected chi connectivity index (χ2v) is 5.59. The summed E-state index contributed by atoms with van der Waals surface area (Å²) in [6.07, 6.45) is 4.51. The van der Waals surface area contributed by atoms with E-state index in [0.717, 1.165) is 12.1 Å². The van der Waals surface area contributed by atoms with Crippen molar-refractivity contribution < 1.29 is 22.8 Å². The first kappa shape index (κ1) is 16.9. The lowest BCUT2D eigenvalue weighted by atomic mass is 10.1. The number of piperazine rings is 1. The fourth-order valence-electron chi connectivity index (χ4n) is 2.61. The molecule has 0 unspecified atom stereocenters. The standard InChI is InChI=1S/C18H16F2N2O3/c19-13-3-5-15(16(20)12-13)18(24)22-9-7-21(8-10-22)17(23)6-4-14-2-1-11-25-14/h1-6,11-12H,7-10H2/b6-4-. The SMILES string of the molecule is O=C(/C=C\c1ccco1)N1CCN(C(=O)c2ccc(F)cc2F)CC1. The van der Waals surface area contributed by atoms with Crippen molar-refractivity contribution in [2.45, 2.75) is 0 Å². The topological polar surface area (TPSA) is 53.8 Å². The molecule has 2 heterocycles. The molecule has 0 radical (unpaired) electrons. The molecule has 2 amide bonds. The number of benzene rings is 1. The average molecular weight is 346 g/mol. The second-order valence-electron chi connectivity index (χ2n) is 5.59. The molecule has 130 valence electrons. The summed E-state index contributed by atoms with van der Waals surface area (Å²) in [7, 11) is 0. The minimum atomic E-state index is -0.884. The lowest BCUT2D eigenvalue weighted by molar-refractivity contribution is -0.127. The van der Waals surface area contributed by atoms with Crippen LogP contribution in [0.2, 0.25) is 0 Å². The van der Waals surface area contributed by atoms with E-state index in [1.54, 1.807) is 23.1 Å². The molecule has 0 atom stereocenters. The maximum Gasteiger partial charge on any atom is 0.256 e. The van der Waals surface area contributed by atoms with Gasteiger partial charge in [0.15, 0.2) is 0 Å². The monoisotopic (exact) mass is 346 g/mol. The van der Waals surface area contributed by atoms with Crippen LogP contribution in [-0.4, -0.2) is 47.8 Å². The minimum absolute atomic E-state index is 0.168. The van der Waals surface area contributed by atoms with Crippen molar-refractivity contribution in [2.75, 3.05) is 26.2 Å². The predicted octanol–water partition coefficient (Wildman–Crippen LogP) is 2.56. The molecule has 1 aromatic heterocycles. The Morgan fingerprint density at radius 3 is 2.40 bits per heavy atom.